The van der Waals surface area contributed by atoms with Gasteiger partial charge in [0.2, 0.25) is 0 Å². The highest BCUT2D eigenvalue weighted by Crippen LogP contribution is 2.23. The van der Waals surface area contributed by atoms with Gasteiger partial charge in [-0.15, -0.1) is 0 Å². The molecule has 1 heterocycles. The normalized spacial score (nSPS) is 12.4. The second kappa shape index (κ2) is 6.67. The standard InChI is InChI=1S/C18H24N2/c1-5-19-18(12-17-14(3)7-6-10-20-17)16-9-8-13(2)11-15(16)4/h6-11,18-19H,5,12H2,1-4H3. The first-order chi connectivity index (χ1) is 9.61. The highest BCUT2D eigenvalue weighted by atomic mass is 14.9. The lowest BCUT2D eigenvalue weighted by atomic mass is 9.95. The van der Waals surface area contributed by atoms with Crippen molar-refractivity contribution < 1.29 is 0 Å². The van der Waals surface area contributed by atoms with E-state index in [-0.39, 0.29) is 0 Å². The van der Waals surface area contributed by atoms with Gasteiger partial charge in [0.1, 0.15) is 0 Å². The monoisotopic (exact) mass is 268 g/mol. The van der Waals surface area contributed by atoms with Crippen LogP contribution in [0.3, 0.4) is 0 Å². The van der Waals surface area contributed by atoms with E-state index in [1.807, 2.05) is 12.3 Å². The van der Waals surface area contributed by atoms with Crippen molar-refractivity contribution in [2.45, 2.75) is 40.2 Å². The molecule has 2 aromatic rings. The number of rotatable bonds is 5. The number of aryl methyl sites for hydroxylation is 3. The molecule has 2 nitrogen and oxygen atoms in total. The Bertz CT molecular complexity index is 575. The van der Waals surface area contributed by atoms with E-state index >= 15 is 0 Å². The molecule has 0 amide bonds. The Morgan fingerprint density at radius 1 is 1.10 bits per heavy atom. The molecular formula is C18H24N2. The van der Waals surface area contributed by atoms with Crippen molar-refractivity contribution in [1.29, 1.82) is 0 Å². The van der Waals surface area contributed by atoms with Gasteiger partial charge in [-0.1, -0.05) is 36.8 Å². The number of pyridine rings is 1. The summed E-state index contributed by atoms with van der Waals surface area (Å²) in [6.07, 6.45) is 2.82. The van der Waals surface area contributed by atoms with Crippen molar-refractivity contribution in [2.24, 2.45) is 0 Å². The second-order valence-corrected chi connectivity index (χ2v) is 5.44. The molecule has 2 heteroatoms. The summed E-state index contributed by atoms with van der Waals surface area (Å²) in [4.78, 5) is 4.53. The summed E-state index contributed by atoms with van der Waals surface area (Å²) in [5.41, 5.74) is 6.49. The zero-order valence-electron chi connectivity index (χ0n) is 12.9. The van der Waals surface area contributed by atoms with Gasteiger partial charge in [0, 0.05) is 24.4 Å². The predicted molar refractivity (Wildman–Crippen MR) is 85.0 cm³/mol. The quantitative estimate of drug-likeness (QED) is 0.889. The zero-order chi connectivity index (χ0) is 14.5. The molecule has 1 unspecified atom stereocenters. The molecule has 2 rings (SSSR count). The van der Waals surface area contributed by atoms with Gasteiger partial charge in [0.05, 0.1) is 0 Å². The number of aromatic nitrogens is 1. The fourth-order valence-corrected chi connectivity index (χ4v) is 2.68. The molecule has 0 saturated carbocycles. The molecule has 0 aliphatic rings. The van der Waals surface area contributed by atoms with Gasteiger partial charge in [-0.05, 0) is 50.1 Å². The van der Waals surface area contributed by atoms with Crippen LogP contribution in [0.2, 0.25) is 0 Å². The summed E-state index contributed by atoms with van der Waals surface area (Å²) < 4.78 is 0. The molecule has 1 aromatic heterocycles. The molecule has 1 N–H and O–H groups in total. The SMILES string of the molecule is CCNC(Cc1ncccc1C)c1ccc(C)cc1C. The molecule has 0 radical (unpaired) electrons. The van der Waals surface area contributed by atoms with Gasteiger partial charge in [-0.2, -0.15) is 0 Å². The fourth-order valence-electron chi connectivity index (χ4n) is 2.68. The van der Waals surface area contributed by atoms with E-state index in [0.717, 1.165) is 13.0 Å². The average molecular weight is 268 g/mol. The zero-order valence-corrected chi connectivity index (χ0v) is 12.9. The molecule has 20 heavy (non-hydrogen) atoms. The minimum absolute atomic E-state index is 0.328. The van der Waals surface area contributed by atoms with Gasteiger partial charge < -0.3 is 5.32 Å². The van der Waals surface area contributed by atoms with Crippen LogP contribution in [0.5, 0.6) is 0 Å². The Morgan fingerprint density at radius 3 is 2.55 bits per heavy atom. The van der Waals surface area contributed by atoms with E-state index in [1.54, 1.807) is 0 Å². The van der Waals surface area contributed by atoms with Gasteiger partial charge in [0.25, 0.3) is 0 Å². The van der Waals surface area contributed by atoms with Gasteiger partial charge in [0.15, 0.2) is 0 Å². The lowest BCUT2D eigenvalue weighted by molar-refractivity contribution is 0.540. The number of likely N-dealkylation sites (N-methyl/N-ethyl adjacent to an activating group) is 1. The van der Waals surface area contributed by atoms with E-state index in [1.165, 1.54) is 27.9 Å². The topological polar surface area (TPSA) is 24.9 Å². The van der Waals surface area contributed by atoms with Gasteiger partial charge in [-0.3, -0.25) is 4.98 Å². The maximum absolute atomic E-state index is 4.53. The summed E-state index contributed by atoms with van der Waals surface area (Å²) >= 11 is 0. The number of hydrogen-bond acceptors (Lipinski definition) is 2. The van der Waals surface area contributed by atoms with Crippen LogP contribution in [-0.4, -0.2) is 11.5 Å². The van der Waals surface area contributed by atoms with Crippen LogP contribution in [-0.2, 0) is 6.42 Å². The molecule has 106 valence electrons. The molecule has 0 spiro atoms. The molecule has 0 aliphatic heterocycles. The molecule has 0 aliphatic carbocycles. The van der Waals surface area contributed by atoms with Crippen LogP contribution in [0, 0.1) is 20.8 Å². The predicted octanol–water partition coefficient (Wildman–Crippen LogP) is 3.90. The fraction of sp³-hybridized carbons (Fsp3) is 0.389. The second-order valence-electron chi connectivity index (χ2n) is 5.44. The van der Waals surface area contributed by atoms with E-state index in [0.29, 0.717) is 6.04 Å². The highest BCUT2D eigenvalue weighted by molar-refractivity contribution is 5.34. The Labute approximate surface area is 122 Å². The smallest absolute Gasteiger partial charge is 0.0451 e. The number of nitrogens with one attached hydrogen (secondary N) is 1. The average Bonchev–Trinajstić information content (AvgIpc) is 2.41. The van der Waals surface area contributed by atoms with Crippen molar-refractivity contribution in [3.05, 3.63) is 64.5 Å². The van der Waals surface area contributed by atoms with Gasteiger partial charge >= 0.3 is 0 Å². The van der Waals surface area contributed by atoms with Crippen molar-refractivity contribution in [1.82, 2.24) is 10.3 Å². The summed E-state index contributed by atoms with van der Waals surface area (Å²) in [6, 6.07) is 11.2. The molecule has 0 fully saturated rings. The summed E-state index contributed by atoms with van der Waals surface area (Å²) in [5.74, 6) is 0. The summed E-state index contributed by atoms with van der Waals surface area (Å²) in [7, 11) is 0. The third kappa shape index (κ3) is 3.45. The van der Waals surface area contributed by atoms with E-state index in [9.17, 15) is 0 Å². The molecule has 1 aromatic carbocycles. The van der Waals surface area contributed by atoms with Crippen molar-refractivity contribution >= 4 is 0 Å². The van der Waals surface area contributed by atoms with Crippen LogP contribution in [0.1, 0.15) is 40.9 Å². The largest absolute Gasteiger partial charge is 0.310 e. The van der Waals surface area contributed by atoms with Crippen LogP contribution in [0.15, 0.2) is 36.5 Å². The van der Waals surface area contributed by atoms with Gasteiger partial charge in [-0.25, -0.2) is 0 Å². The number of hydrogen-bond donors (Lipinski definition) is 1. The Balaban J connectivity index is 2.29. The summed E-state index contributed by atoms with van der Waals surface area (Å²) in [6.45, 7) is 9.58. The molecule has 0 bridgehead atoms. The number of nitrogens with zero attached hydrogens (tertiary/aromatic N) is 1. The Hall–Kier alpha value is -1.67. The molecular weight excluding hydrogens is 244 g/mol. The first-order valence-electron chi connectivity index (χ1n) is 7.32. The third-order valence-corrected chi connectivity index (χ3v) is 3.77. The van der Waals surface area contributed by atoms with Crippen LogP contribution < -0.4 is 5.32 Å². The van der Waals surface area contributed by atoms with E-state index in [2.05, 4.69) is 62.3 Å². The Morgan fingerprint density at radius 2 is 1.90 bits per heavy atom. The minimum atomic E-state index is 0.328. The van der Waals surface area contributed by atoms with Crippen LogP contribution in [0.4, 0.5) is 0 Å². The number of benzene rings is 1. The van der Waals surface area contributed by atoms with E-state index in [4.69, 9.17) is 0 Å². The first kappa shape index (κ1) is 14.7. The van der Waals surface area contributed by atoms with Crippen LogP contribution in [0.25, 0.3) is 0 Å². The van der Waals surface area contributed by atoms with Crippen molar-refractivity contribution in [3.63, 3.8) is 0 Å². The molecule has 1 atom stereocenters. The first-order valence-corrected chi connectivity index (χ1v) is 7.32. The van der Waals surface area contributed by atoms with E-state index < -0.39 is 0 Å². The lowest BCUT2D eigenvalue weighted by Crippen LogP contribution is -2.24. The highest BCUT2D eigenvalue weighted by Gasteiger charge is 2.15. The Kier molecular flexibility index (Phi) is 4.91. The maximum Gasteiger partial charge on any atom is 0.0451 e. The minimum Gasteiger partial charge on any atom is -0.310 e. The lowest BCUT2D eigenvalue weighted by Gasteiger charge is -2.21. The summed E-state index contributed by atoms with van der Waals surface area (Å²) in [5, 5.41) is 3.59. The van der Waals surface area contributed by atoms with Crippen molar-refractivity contribution in [3.8, 4) is 0 Å². The maximum atomic E-state index is 4.53. The third-order valence-electron chi connectivity index (χ3n) is 3.77. The van der Waals surface area contributed by atoms with Crippen molar-refractivity contribution in [2.75, 3.05) is 6.54 Å². The molecule has 0 saturated heterocycles. The van der Waals surface area contributed by atoms with Crippen LogP contribution >= 0.6 is 0 Å².